The zero-order valence-electron chi connectivity index (χ0n) is 9.77. The molecule has 0 unspecified atom stereocenters. The summed E-state index contributed by atoms with van der Waals surface area (Å²) in [7, 11) is 0.323. The van der Waals surface area contributed by atoms with Gasteiger partial charge in [-0.2, -0.15) is 0 Å². The van der Waals surface area contributed by atoms with Crippen LogP contribution in [-0.2, 0) is 15.5 Å². The van der Waals surface area contributed by atoms with Crippen molar-refractivity contribution in [2.75, 3.05) is 0 Å². The number of rotatable bonds is 4. The summed E-state index contributed by atoms with van der Waals surface area (Å²) >= 11 is 0. The van der Waals surface area contributed by atoms with Crippen LogP contribution in [0, 0.1) is 10.1 Å². The molecular weight excluding hydrogens is 327 g/mol. The Balaban J connectivity index is 3.73. The van der Waals surface area contributed by atoms with E-state index in [2.05, 4.69) is 4.74 Å². The number of benzene rings is 1. The minimum atomic E-state index is -5.30. The molecule has 6 nitrogen and oxygen atoms in total. The van der Waals surface area contributed by atoms with Crippen LogP contribution in [0.15, 0.2) is 17.0 Å². The zero-order chi connectivity index (χ0) is 15.7. The summed E-state index contributed by atoms with van der Waals surface area (Å²) in [5.74, 6) is -1.43. The summed E-state index contributed by atoms with van der Waals surface area (Å²) in [5.41, 5.74) is -1.19. The summed E-state index contributed by atoms with van der Waals surface area (Å²) in [4.78, 5) is 8.63. The Morgan fingerprint density at radius 1 is 1.40 bits per heavy atom. The molecule has 0 radical (unpaired) electrons. The molecule has 0 bridgehead atoms. The summed E-state index contributed by atoms with van der Waals surface area (Å²) in [5, 5.41) is 10.9. The van der Waals surface area contributed by atoms with Gasteiger partial charge in [-0.05, 0) is 12.5 Å². The van der Waals surface area contributed by atoms with Crippen LogP contribution in [0.2, 0.25) is 0 Å². The van der Waals surface area contributed by atoms with E-state index in [1.165, 1.54) is 6.92 Å². The van der Waals surface area contributed by atoms with E-state index >= 15 is 0 Å². The molecule has 0 atom stereocenters. The predicted octanol–water partition coefficient (Wildman–Crippen LogP) is 2.98. The molecule has 0 saturated carbocycles. The fraction of sp³-hybridized carbons (Fsp3) is 0.333. The van der Waals surface area contributed by atoms with Gasteiger partial charge in [0.25, 0.3) is 9.05 Å². The van der Waals surface area contributed by atoms with Gasteiger partial charge >= 0.3 is 12.0 Å². The number of aryl methyl sites for hydroxylation is 1. The van der Waals surface area contributed by atoms with Crippen LogP contribution >= 0.6 is 10.7 Å². The molecule has 0 spiro atoms. The normalized spacial score (nSPS) is 12.2. The number of nitro groups is 1. The van der Waals surface area contributed by atoms with E-state index < -0.39 is 36.7 Å². The highest BCUT2D eigenvalue weighted by Gasteiger charge is 2.39. The monoisotopic (exact) mass is 333 g/mol. The van der Waals surface area contributed by atoms with E-state index in [1.54, 1.807) is 0 Å². The molecule has 112 valence electrons. The van der Waals surface area contributed by atoms with E-state index in [4.69, 9.17) is 10.7 Å². The van der Waals surface area contributed by atoms with Gasteiger partial charge in [0.15, 0.2) is 0 Å². The lowest BCUT2D eigenvalue weighted by Gasteiger charge is -2.13. The highest BCUT2D eigenvalue weighted by Crippen LogP contribution is 2.41. The van der Waals surface area contributed by atoms with Crippen LogP contribution in [0.3, 0.4) is 0 Å². The SMILES string of the molecule is CCc1ccc(S(=O)(=O)Cl)c(OC(F)(F)F)c1[N+](=O)[O-]. The summed E-state index contributed by atoms with van der Waals surface area (Å²) < 4.78 is 62.8. The molecule has 0 aromatic heterocycles. The molecule has 1 aromatic carbocycles. The lowest BCUT2D eigenvalue weighted by atomic mass is 10.1. The van der Waals surface area contributed by atoms with Crippen molar-refractivity contribution in [2.24, 2.45) is 0 Å². The Kier molecular flexibility index (Phi) is 4.49. The zero-order valence-corrected chi connectivity index (χ0v) is 11.3. The van der Waals surface area contributed by atoms with Crippen molar-refractivity contribution < 1.29 is 31.2 Å². The van der Waals surface area contributed by atoms with Crippen molar-refractivity contribution in [2.45, 2.75) is 24.6 Å². The van der Waals surface area contributed by atoms with Gasteiger partial charge in [0, 0.05) is 16.2 Å². The molecular formula is C9H7ClF3NO5S. The molecule has 0 fully saturated rings. The number of hydrogen-bond acceptors (Lipinski definition) is 5. The number of hydrogen-bond donors (Lipinski definition) is 0. The van der Waals surface area contributed by atoms with E-state index in [9.17, 15) is 31.7 Å². The lowest BCUT2D eigenvalue weighted by molar-refractivity contribution is -0.389. The van der Waals surface area contributed by atoms with Gasteiger partial charge in [0.1, 0.15) is 4.90 Å². The third-order valence-electron chi connectivity index (χ3n) is 2.22. The Hall–Kier alpha value is -1.55. The summed E-state index contributed by atoms with van der Waals surface area (Å²) in [6.45, 7) is 1.45. The van der Waals surface area contributed by atoms with Gasteiger partial charge in [0.05, 0.1) is 4.92 Å². The topological polar surface area (TPSA) is 86.5 Å². The first kappa shape index (κ1) is 16.5. The molecule has 0 saturated heterocycles. The predicted molar refractivity (Wildman–Crippen MR) is 62.2 cm³/mol. The largest absolute Gasteiger partial charge is 0.573 e. The minimum Gasteiger partial charge on any atom is -0.397 e. The van der Waals surface area contributed by atoms with Crippen molar-refractivity contribution in [1.82, 2.24) is 0 Å². The van der Waals surface area contributed by atoms with Gasteiger partial charge in [-0.25, -0.2) is 8.42 Å². The van der Waals surface area contributed by atoms with Crippen LogP contribution in [0.5, 0.6) is 5.75 Å². The number of ether oxygens (including phenoxy) is 1. The third-order valence-corrected chi connectivity index (χ3v) is 3.57. The fourth-order valence-electron chi connectivity index (χ4n) is 1.49. The Morgan fingerprint density at radius 3 is 2.30 bits per heavy atom. The van der Waals surface area contributed by atoms with Gasteiger partial charge in [0.2, 0.25) is 5.75 Å². The van der Waals surface area contributed by atoms with E-state index in [-0.39, 0.29) is 12.0 Å². The second kappa shape index (κ2) is 5.44. The Labute approximate surface area is 115 Å². The summed E-state index contributed by atoms with van der Waals surface area (Å²) in [6.07, 6.45) is -5.29. The average Bonchev–Trinajstić information content (AvgIpc) is 2.23. The van der Waals surface area contributed by atoms with Gasteiger partial charge in [-0.3, -0.25) is 10.1 Å². The highest BCUT2D eigenvalue weighted by molar-refractivity contribution is 8.13. The summed E-state index contributed by atoms with van der Waals surface area (Å²) in [6, 6.07) is 1.74. The van der Waals surface area contributed by atoms with Gasteiger partial charge < -0.3 is 4.74 Å². The Bertz CT molecular complexity index is 644. The van der Waals surface area contributed by atoms with Crippen LogP contribution in [-0.4, -0.2) is 19.7 Å². The second-order valence-corrected chi connectivity index (χ2v) is 6.03. The maximum atomic E-state index is 12.3. The first-order chi connectivity index (χ1) is 8.97. The van der Waals surface area contributed by atoms with Crippen LogP contribution in [0.4, 0.5) is 18.9 Å². The molecule has 0 aliphatic heterocycles. The van der Waals surface area contributed by atoms with E-state index in [0.717, 1.165) is 12.1 Å². The van der Waals surface area contributed by atoms with Crippen molar-refractivity contribution in [3.63, 3.8) is 0 Å². The molecule has 0 heterocycles. The molecule has 1 aromatic rings. The standard InChI is InChI=1S/C9H7ClF3NO5S/c1-2-5-3-4-6(20(10,17)18)8(7(5)14(15)16)19-9(11,12)13/h3-4H,2H2,1H3. The number of alkyl halides is 3. The number of nitro benzene ring substituents is 1. The molecule has 0 amide bonds. The lowest BCUT2D eigenvalue weighted by Crippen LogP contribution is -2.20. The number of halogens is 4. The maximum absolute atomic E-state index is 12.3. The van der Waals surface area contributed by atoms with Crippen molar-refractivity contribution in [3.8, 4) is 5.75 Å². The quantitative estimate of drug-likeness (QED) is 0.480. The van der Waals surface area contributed by atoms with Crippen molar-refractivity contribution >= 4 is 25.4 Å². The fourth-order valence-corrected chi connectivity index (χ4v) is 2.44. The van der Waals surface area contributed by atoms with E-state index in [0.29, 0.717) is 0 Å². The molecule has 0 aliphatic carbocycles. The first-order valence-corrected chi connectivity index (χ1v) is 7.29. The second-order valence-electron chi connectivity index (χ2n) is 3.50. The Morgan fingerprint density at radius 2 is 1.95 bits per heavy atom. The van der Waals surface area contributed by atoms with Crippen LogP contribution < -0.4 is 4.74 Å². The van der Waals surface area contributed by atoms with Crippen LogP contribution in [0.1, 0.15) is 12.5 Å². The molecule has 0 aliphatic rings. The molecule has 0 N–H and O–H groups in total. The molecule has 20 heavy (non-hydrogen) atoms. The van der Waals surface area contributed by atoms with Gasteiger partial charge in [-0.15, -0.1) is 13.2 Å². The van der Waals surface area contributed by atoms with Crippen molar-refractivity contribution in [3.05, 3.63) is 27.8 Å². The average molecular weight is 334 g/mol. The van der Waals surface area contributed by atoms with Gasteiger partial charge in [-0.1, -0.05) is 13.0 Å². The molecule has 1 rings (SSSR count). The van der Waals surface area contributed by atoms with Crippen LogP contribution in [0.25, 0.3) is 0 Å². The van der Waals surface area contributed by atoms with Crippen molar-refractivity contribution in [1.29, 1.82) is 0 Å². The number of nitrogens with zero attached hydrogens (tertiary/aromatic N) is 1. The maximum Gasteiger partial charge on any atom is 0.573 e. The smallest absolute Gasteiger partial charge is 0.397 e. The highest BCUT2D eigenvalue weighted by atomic mass is 35.7. The third kappa shape index (κ3) is 3.73. The first-order valence-electron chi connectivity index (χ1n) is 4.98. The minimum absolute atomic E-state index is 0.00709. The molecule has 11 heteroatoms. The van der Waals surface area contributed by atoms with E-state index in [1.807, 2.05) is 0 Å².